The summed E-state index contributed by atoms with van der Waals surface area (Å²) in [5.41, 5.74) is 0. The van der Waals surface area contributed by atoms with Gasteiger partial charge in [-0.2, -0.15) is 0 Å². The fraction of sp³-hybridized carbons (Fsp3) is 0.875. The van der Waals surface area contributed by atoms with Gasteiger partial charge in [0.05, 0.1) is 12.0 Å². The smallest absolute Gasteiger partial charge is 0.225 e. The Morgan fingerprint density at radius 2 is 2.36 bits per heavy atom. The summed E-state index contributed by atoms with van der Waals surface area (Å²) in [6.45, 7) is 1.60. The molecule has 3 heteroatoms. The summed E-state index contributed by atoms with van der Waals surface area (Å²) in [4.78, 5) is 11.3. The molecule has 2 rings (SSSR count). The van der Waals surface area contributed by atoms with Crippen LogP contribution in [0.5, 0.6) is 0 Å². The van der Waals surface area contributed by atoms with Gasteiger partial charge in [-0.3, -0.25) is 4.79 Å². The first kappa shape index (κ1) is 7.10. The van der Waals surface area contributed by atoms with Crippen molar-refractivity contribution in [2.45, 2.75) is 25.4 Å². The SMILES string of the molecule is O=C1NCCCC2OCCC12. The van der Waals surface area contributed by atoms with E-state index >= 15 is 0 Å². The number of rotatable bonds is 0. The van der Waals surface area contributed by atoms with Gasteiger partial charge in [0.2, 0.25) is 5.91 Å². The summed E-state index contributed by atoms with van der Waals surface area (Å²) in [5.74, 6) is 0.350. The maximum absolute atomic E-state index is 11.3. The van der Waals surface area contributed by atoms with Crippen LogP contribution < -0.4 is 5.32 Å². The largest absolute Gasteiger partial charge is 0.377 e. The Morgan fingerprint density at radius 3 is 3.27 bits per heavy atom. The van der Waals surface area contributed by atoms with Gasteiger partial charge in [-0.05, 0) is 19.3 Å². The highest BCUT2D eigenvalue weighted by Gasteiger charge is 2.34. The quantitative estimate of drug-likeness (QED) is 0.546. The fourth-order valence-electron chi connectivity index (χ4n) is 1.88. The molecule has 11 heavy (non-hydrogen) atoms. The molecule has 2 fully saturated rings. The molecule has 0 aromatic carbocycles. The van der Waals surface area contributed by atoms with E-state index in [-0.39, 0.29) is 17.9 Å². The molecular weight excluding hydrogens is 142 g/mol. The van der Waals surface area contributed by atoms with Crippen LogP contribution in [0.3, 0.4) is 0 Å². The Kier molecular flexibility index (Phi) is 1.82. The number of hydrogen-bond donors (Lipinski definition) is 1. The van der Waals surface area contributed by atoms with Crippen molar-refractivity contribution in [2.75, 3.05) is 13.2 Å². The Bertz CT molecular complexity index is 169. The molecule has 0 saturated carbocycles. The molecule has 0 aliphatic carbocycles. The normalized spacial score (nSPS) is 37.6. The number of nitrogens with one attached hydrogen (secondary N) is 1. The molecule has 0 bridgehead atoms. The van der Waals surface area contributed by atoms with Crippen LogP contribution in [0.25, 0.3) is 0 Å². The fourth-order valence-corrected chi connectivity index (χ4v) is 1.88. The zero-order chi connectivity index (χ0) is 7.68. The summed E-state index contributed by atoms with van der Waals surface area (Å²) in [6, 6.07) is 0. The molecular formula is C8H13NO2. The minimum absolute atomic E-state index is 0.150. The average Bonchev–Trinajstić information content (AvgIpc) is 2.40. The van der Waals surface area contributed by atoms with Crippen LogP contribution in [0.15, 0.2) is 0 Å². The van der Waals surface area contributed by atoms with Crippen molar-refractivity contribution < 1.29 is 9.53 Å². The Morgan fingerprint density at radius 1 is 1.45 bits per heavy atom. The minimum atomic E-state index is 0.150. The second kappa shape index (κ2) is 2.81. The van der Waals surface area contributed by atoms with E-state index < -0.39 is 0 Å². The van der Waals surface area contributed by atoms with E-state index in [0.717, 1.165) is 32.4 Å². The van der Waals surface area contributed by atoms with Crippen molar-refractivity contribution in [2.24, 2.45) is 5.92 Å². The molecule has 2 saturated heterocycles. The monoisotopic (exact) mass is 155 g/mol. The summed E-state index contributed by atoms with van der Waals surface area (Å²) < 4.78 is 5.45. The summed E-state index contributed by atoms with van der Waals surface area (Å²) in [6.07, 6.45) is 3.24. The molecule has 2 heterocycles. The molecule has 2 unspecified atom stereocenters. The van der Waals surface area contributed by atoms with Gasteiger partial charge in [0.15, 0.2) is 0 Å². The first-order chi connectivity index (χ1) is 5.38. The highest BCUT2D eigenvalue weighted by molar-refractivity contribution is 5.79. The Hall–Kier alpha value is -0.570. The number of hydrogen-bond acceptors (Lipinski definition) is 2. The second-order valence-corrected chi connectivity index (χ2v) is 3.24. The van der Waals surface area contributed by atoms with Gasteiger partial charge in [0.25, 0.3) is 0 Å². The van der Waals surface area contributed by atoms with E-state index in [0.29, 0.717) is 0 Å². The molecule has 1 amide bonds. The maximum Gasteiger partial charge on any atom is 0.225 e. The third-order valence-corrected chi connectivity index (χ3v) is 2.51. The zero-order valence-electron chi connectivity index (χ0n) is 6.51. The van der Waals surface area contributed by atoms with Crippen molar-refractivity contribution >= 4 is 5.91 Å². The first-order valence-corrected chi connectivity index (χ1v) is 4.27. The highest BCUT2D eigenvalue weighted by Crippen LogP contribution is 2.26. The molecule has 2 atom stereocenters. The number of carbonyl (C=O) groups excluding carboxylic acids is 1. The summed E-state index contributed by atoms with van der Waals surface area (Å²) in [5, 5.41) is 2.90. The van der Waals surface area contributed by atoms with E-state index in [1.165, 1.54) is 0 Å². The molecule has 62 valence electrons. The maximum atomic E-state index is 11.3. The van der Waals surface area contributed by atoms with Crippen LogP contribution in [0.2, 0.25) is 0 Å². The molecule has 1 N–H and O–H groups in total. The van der Waals surface area contributed by atoms with E-state index in [4.69, 9.17) is 4.74 Å². The Labute approximate surface area is 66.1 Å². The van der Waals surface area contributed by atoms with E-state index in [2.05, 4.69) is 5.32 Å². The molecule has 3 nitrogen and oxygen atoms in total. The lowest BCUT2D eigenvalue weighted by molar-refractivity contribution is -0.125. The van der Waals surface area contributed by atoms with Crippen LogP contribution in [0, 0.1) is 5.92 Å². The molecule has 0 aromatic heterocycles. The number of carbonyl (C=O) groups is 1. The predicted octanol–water partition coefficient (Wildman–Crippen LogP) is 0.301. The Balaban J connectivity index is 2.09. The minimum Gasteiger partial charge on any atom is -0.377 e. The topological polar surface area (TPSA) is 38.3 Å². The number of fused-ring (bicyclic) bond motifs is 1. The average molecular weight is 155 g/mol. The number of amides is 1. The van der Waals surface area contributed by atoms with Crippen molar-refractivity contribution in [1.29, 1.82) is 0 Å². The van der Waals surface area contributed by atoms with E-state index in [1.807, 2.05) is 0 Å². The van der Waals surface area contributed by atoms with Gasteiger partial charge in [-0.25, -0.2) is 0 Å². The van der Waals surface area contributed by atoms with E-state index in [1.54, 1.807) is 0 Å². The molecule has 2 aliphatic rings. The van der Waals surface area contributed by atoms with Crippen molar-refractivity contribution in [1.82, 2.24) is 5.32 Å². The molecule has 0 radical (unpaired) electrons. The van der Waals surface area contributed by atoms with Crippen molar-refractivity contribution in [3.8, 4) is 0 Å². The van der Waals surface area contributed by atoms with Gasteiger partial charge < -0.3 is 10.1 Å². The van der Waals surface area contributed by atoms with Gasteiger partial charge >= 0.3 is 0 Å². The van der Waals surface area contributed by atoms with Crippen LogP contribution in [-0.2, 0) is 9.53 Å². The van der Waals surface area contributed by atoms with Crippen LogP contribution in [0.1, 0.15) is 19.3 Å². The second-order valence-electron chi connectivity index (χ2n) is 3.24. The number of ether oxygens (including phenoxy) is 1. The molecule has 0 aromatic rings. The third kappa shape index (κ3) is 1.25. The lowest BCUT2D eigenvalue weighted by Crippen LogP contribution is -2.31. The van der Waals surface area contributed by atoms with Crippen LogP contribution >= 0.6 is 0 Å². The summed E-state index contributed by atoms with van der Waals surface area (Å²) in [7, 11) is 0. The van der Waals surface area contributed by atoms with Crippen molar-refractivity contribution in [3.63, 3.8) is 0 Å². The van der Waals surface area contributed by atoms with Crippen LogP contribution in [0.4, 0.5) is 0 Å². The highest BCUT2D eigenvalue weighted by atomic mass is 16.5. The third-order valence-electron chi connectivity index (χ3n) is 2.51. The van der Waals surface area contributed by atoms with Gasteiger partial charge in [0, 0.05) is 13.2 Å². The molecule has 2 aliphatic heterocycles. The predicted molar refractivity (Wildman–Crippen MR) is 40.1 cm³/mol. The standard InChI is InChI=1S/C8H13NO2/c10-8-6-3-5-11-7(6)2-1-4-9-8/h6-7H,1-5H2,(H,9,10). The lowest BCUT2D eigenvalue weighted by Gasteiger charge is -2.11. The van der Waals surface area contributed by atoms with Gasteiger partial charge in [0.1, 0.15) is 0 Å². The van der Waals surface area contributed by atoms with Gasteiger partial charge in [-0.1, -0.05) is 0 Å². The van der Waals surface area contributed by atoms with Crippen molar-refractivity contribution in [3.05, 3.63) is 0 Å². The summed E-state index contributed by atoms with van der Waals surface area (Å²) >= 11 is 0. The van der Waals surface area contributed by atoms with E-state index in [9.17, 15) is 4.79 Å². The lowest BCUT2D eigenvalue weighted by atomic mass is 9.99. The molecule has 0 spiro atoms. The van der Waals surface area contributed by atoms with Gasteiger partial charge in [-0.15, -0.1) is 0 Å². The van der Waals surface area contributed by atoms with Crippen LogP contribution in [-0.4, -0.2) is 25.2 Å². The first-order valence-electron chi connectivity index (χ1n) is 4.27. The zero-order valence-corrected chi connectivity index (χ0v) is 6.51.